The molecule has 0 amide bonds. The van der Waals surface area contributed by atoms with Crippen molar-refractivity contribution < 1.29 is 19.1 Å². The molecule has 4 heteroatoms. The van der Waals surface area contributed by atoms with Crippen LogP contribution in [-0.4, -0.2) is 19.0 Å². The maximum atomic E-state index is 12.3. The van der Waals surface area contributed by atoms with Gasteiger partial charge in [0.1, 0.15) is 0 Å². The minimum atomic E-state index is -0.840. The molecule has 0 N–H and O–H groups in total. The van der Waals surface area contributed by atoms with Crippen LogP contribution in [0.5, 0.6) is 0 Å². The average Bonchev–Trinajstić information content (AvgIpc) is 2.46. The molecule has 0 heterocycles. The van der Waals surface area contributed by atoms with Crippen LogP contribution < -0.4 is 0 Å². The number of carbonyl (C=O) groups excluding carboxylic acids is 2. The zero-order valence-corrected chi connectivity index (χ0v) is 11.7. The first-order valence-electron chi connectivity index (χ1n) is 6.88. The highest BCUT2D eigenvalue weighted by Crippen LogP contribution is 2.22. The number of unbranched alkanes of at least 4 members (excludes halogenated alkanes) is 2. The number of hydrogen-bond acceptors (Lipinski definition) is 4. The van der Waals surface area contributed by atoms with E-state index in [-0.39, 0.29) is 11.5 Å². The van der Waals surface area contributed by atoms with Gasteiger partial charge >= 0.3 is 6.16 Å². The fourth-order valence-corrected chi connectivity index (χ4v) is 1.95. The Bertz CT molecular complexity index is 380. The number of hydrogen-bond donors (Lipinski definition) is 0. The van der Waals surface area contributed by atoms with E-state index in [1.165, 1.54) is 7.11 Å². The molecular formula is C15H22O4. The largest absolute Gasteiger partial charge is 0.513 e. The molecule has 0 aromatic rings. The molecule has 0 radical (unpaired) electrons. The molecule has 0 spiro atoms. The molecule has 0 aliphatic heterocycles. The maximum absolute atomic E-state index is 12.3. The Labute approximate surface area is 114 Å². The second kappa shape index (κ2) is 8.51. The fourth-order valence-electron chi connectivity index (χ4n) is 1.95. The van der Waals surface area contributed by atoms with Crippen LogP contribution in [-0.2, 0) is 14.3 Å². The zero-order chi connectivity index (χ0) is 14.1. The highest BCUT2D eigenvalue weighted by Gasteiger charge is 2.20. The highest BCUT2D eigenvalue weighted by atomic mass is 16.7. The summed E-state index contributed by atoms with van der Waals surface area (Å²) in [4.78, 5) is 23.5. The molecule has 0 bridgehead atoms. The van der Waals surface area contributed by atoms with Gasteiger partial charge in [0.05, 0.1) is 7.11 Å². The first-order valence-corrected chi connectivity index (χ1v) is 6.88. The standard InChI is InChI=1S/C15H22O4/c1-3-4-6-11-13(19-15(17)18-2)14(16)12-9-7-5-8-10-12/h9,11H,3-8,10H2,1-2H3/b13-11+. The number of methoxy groups -OCH3 is 1. The molecule has 0 saturated carbocycles. The minimum absolute atomic E-state index is 0.105. The molecule has 0 unspecified atom stereocenters. The summed E-state index contributed by atoms with van der Waals surface area (Å²) in [6.45, 7) is 2.07. The maximum Gasteiger partial charge on any atom is 0.513 e. The molecule has 0 aromatic carbocycles. The summed E-state index contributed by atoms with van der Waals surface area (Å²) in [5.74, 6) is -0.0744. The van der Waals surface area contributed by atoms with E-state index in [1.54, 1.807) is 6.08 Å². The number of Topliss-reactive ketones (excluding diaryl/α,β-unsaturated/α-hetero) is 1. The first kappa shape index (κ1) is 15.5. The zero-order valence-electron chi connectivity index (χ0n) is 11.7. The number of ketones is 1. The van der Waals surface area contributed by atoms with E-state index in [4.69, 9.17) is 4.74 Å². The third-order valence-electron chi connectivity index (χ3n) is 3.05. The van der Waals surface area contributed by atoms with Crippen LogP contribution in [0.25, 0.3) is 0 Å². The summed E-state index contributed by atoms with van der Waals surface area (Å²) in [6.07, 6.45) is 9.31. The molecule has 1 aliphatic carbocycles. The molecule has 0 atom stereocenters. The number of rotatable bonds is 6. The fraction of sp³-hybridized carbons (Fsp3) is 0.600. The lowest BCUT2D eigenvalue weighted by Gasteiger charge is -2.13. The molecule has 106 valence electrons. The molecule has 1 aliphatic rings. The molecule has 4 nitrogen and oxygen atoms in total. The van der Waals surface area contributed by atoms with E-state index >= 15 is 0 Å². The lowest BCUT2D eigenvalue weighted by molar-refractivity contribution is -0.115. The quantitative estimate of drug-likeness (QED) is 0.316. The second-order valence-electron chi connectivity index (χ2n) is 4.57. The van der Waals surface area contributed by atoms with Crippen molar-refractivity contribution in [2.24, 2.45) is 0 Å². The number of carbonyl (C=O) groups is 2. The number of allylic oxidation sites excluding steroid dienone is 3. The van der Waals surface area contributed by atoms with Gasteiger partial charge in [-0.25, -0.2) is 4.79 Å². The van der Waals surface area contributed by atoms with Crippen LogP contribution in [0.2, 0.25) is 0 Å². The Kier molecular flexibility index (Phi) is 6.93. The van der Waals surface area contributed by atoms with Crippen molar-refractivity contribution in [3.05, 3.63) is 23.5 Å². The van der Waals surface area contributed by atoms with E-state index in [2.05, 4.69) is 11.7 Å². The van der Waals surface area contributed by atoms with Gasteiger partial charge in [0, 0.05) is 0 Å². The molecule has 0 saturated heterocycles. The van der Waals surface area contributed by atoms with E-state index in [1.807, 2.05) is 6.08 Å². The summed E-state index contributed by atoms with van der Waals surface area (Å²) in [5.41, 5.74) is 0.748. The van der Waals surface area contributed by atoms with Gasteiger partial charge in [-0.15, -0.1) is 0 Å². The molecule has 1 rings (SSSR count). The van der Waals surface area contributed by atoms with E-state index in [0.717, 1.165) is 50.5 Å². The van der Waals surface area contributed by atoms with E-state index < -0.39 is 6.16 Å². The minimum Gasteiger partial charge on any atom is -0.437 e. The lowest BCUT2D eigenvalue weighted by Crippen LogP contribution is -2.15. The Morgan fingerprint density at radius 1 is 1.37 bits per heavy atom. The summed E-state index contributed by atoms with van der Waals surface area (Å²) < 4.78 is 9.42. The Morgan fingerprint density at radius 2 is 2.16 bits per heavy atom. The highest BCUT2D eigenvalue weighted by molar-refractivity contribution is 6.07. The average molecular weight is 266 g/mol. The van der Waals surface area contributed by atoms with E-state index in [0.29, 0.717) is 0 Å². The Balaban J connectivity index is 2.76. The van der Waals surface area contributed by atoms with Crippen molar-refractivity contribution in [3.8, 4) is 0 Å². The van der Waals surface area contributed by atoms with Gasteiger partial charge < -0.3 is 9.47 Å². The predicted octanol–water partition coefficient (Wildman–Crippen LogP) is 3.91. The van der Waals surface area contributed by atoms with Gasteiger partial charge in [-0.1, -0.05) is 19.4 Å². The van der Waals surface area contributed by atoms with Gasteiger partial charge in [0.2, 0.25) is 5.78 Å². The van der Waals surface area contributed by atoms with Crippen LogP contribution >= 0.6 is 0 Å². The van der Waals surface area contributed by atoms with Crippen LogP contribution in [0, 0.1) is 0 Å². The molecule has 0 fully saturated rings. The van der Waals surface area contributed by atoms with Crippen LogP contribution in [0.1, 0.15) is 51.9 Å². The van der Waals surface area contributed by atoms with Crippen molar-refractivity contribution in [1.82, 2.24) is 0 Å². The lowest BCUT2D eigenvalue weighted by atomic mass is 9.95. The predicted molar refractivity (Wildman–Crippen MR) is 72.7 cm³/mol. The van der Waals surface area contributed by atoms with Crippen molar-refractivity contribution in [2.45, 2.75) is 51.9 Å². The van der Waals surface area contributed by atoms with Crippen molar-refractivity contribution >= 4 is 11.9 Å². The Morgan fingerprint density at radius 3 is 2.74 bits per heavy atom. The first-order chi connectivity index (χ1) is 9.19. The van der Waals surface area contributed by atoms with Crippen molar-refractivity contribution in [2.75, 3.05) is 7.11 Å². The summed E-state index contributed by atoms with van der Waals surface area (Å²) in [7, 11) is 1.23. The van der Waals surface area contributed by atoms with Gasteiger partial charge in [-0.05, 0) is 50.2 Å². The summed E-state index contributed by atoms with van der Waals surface area (Å²) in [6, 6.07) is 0. The summed E-state index contributed by atoms with van der Waals surface area (Å²) in [5, 5.41) is 0. The van der Waals surface area contributed by atoms with Crippen LogP contribution in [0.3, 0.4) is 0 Å². The topological polar surface area (TPSA) is 52.6 Å². The van der Waals surface area contributed by atoms with Crippen molar-refractivity contribution in [3.63, 3.8) is 0 Å². The monoisotopic (exact) mass is 266 g/mol. The Hall–Kier alpha value is -1.58. The normalized spacial score (nSPS) is 15.7. The molecule has 19 heavy (non-hydrogen) atoms. The van der Waals surface area contributed by atoms with Crippen LogP contribution in [0.4, 0.5) is 4.79 Å². The van der Waals surface area contributed by atoms with Gasteiger partial charge in [-0.2, -0.15) is 0 Å². The van der Waals surface area contributed by atoms with Gasteiger partial charge in [0.25, 0.3) is 0 Å². The third kappa shape index (κ3) is 5.28. The van der Waals surface area contributed by atoms with E-state index in [9.17, 15) is 9.59 Å². The molecule has 0 aromatic heterocycles. The summed E-state index contributed by atoms with van der Waals surface area (Å²) >= 11 is 0. The van der Waals surface area contributed by atoms with Crippen molar-refractivity contribution in [1.29, 1.82) is 0 Å². The van der Waals surface area contributed by atoms with Gasteiger partial charge in [-0.3, -0.25) is 4.79 Å². The number of ether oxygens (including phenoxy) is 2. The molecular weight excluding hydrogens is 244 g/mol. The van der Waals surface area contributed by atoms with Crippen LogP contribution in [0.15, 0.2) is 23.5 Å². The smallest absolute Gasteiger partial charge is 0.437 e. The SMILES string of the molecule is CCCC/C=C(/OC(=O)OC)C(=O)C1=CCCCC1. The second-order valence-corrected chi connectivity index (χ2v) is 4.57. The third-order valence-corrected chi connectivity index (χ3v) is 3.05. The van der Waals surface area contributed by atoms with Gasteiger partial charge in [0.15, 0.2) is 5.76 Å².